The number of nitrogens with two attached hydrogens (primary N) is 2. The summed E-state index contributed by atoms with van der Waals surface area (Å²) >= 11 is 0. The first kappa shape index (κ1) is 18.2. The van der Waals surface area contributed by atoms with Crippen LogP contribution in [0.1, 0.15) is 59.8 Å². The molecule has 0 saturated carbocycles. The van der Waals surface area contributed by atoms with Gasteiger partial charge in [-0.05, 0) is 49.9 Å². The molecule has 22 heavy (non-hydrogen) atoms. The van der Waals surface area contributed by atoms with Crippen LogP contribution in [0.2, 0.25) is 0 Å². The van der Waals surface area contributed by atoms with E-state index in [0.717, 1.165) is 25.8 Å². The number of hydrogen-bond acceptors (Lipinski definition) is 4. The second kappa shape index (κ2) is 8.09. The van der Waals surface area contributed by atoms with E-state index in [0.29, 0.717) is 48.0 Å². The Balaban J connectivity index is 1.86. The average Bonchev–Trinajstić information content (AvgIpc) is 2.48. The third kappa shape index (κ3) is 4.92. The van der Waals surface area contributed by atoms with Crippen LogP contribution in [-0.4, -0.2) is 36.8 Å². The molecule has 6 N–H and O–H groups in total. The Morgan fingerprint density at radius 1 is 0.955 bits per heavy atom. The van der Waals surface area contributed by atoms with Crippen molar-refractivity contribution in [3.63, 3.8) is 0 Å². The molecule has 2 heterocycles. The first-order valence-corrected chi connectivity index (χ1v) is 9.37. The Bertz CT molecular complexity index is 325. The summed E-state index contributed by atoms with van der Waals surface area (Å²) in [6.07, 6.45) is 5.86. The van der Waals surface area contributed by atoms with Crippen LogP contribution in [0, 0.1) is 17.8 Å². The Labute approximate surface area is 137 Å². The first-order valence-electron chi connectivity index (χ1n) is 9.37. The molecule has 2 rings (SSSR count). The zero-order chi connectivity index (χ0) is 16.3. The highest BCUT2D eigenvalue weighted by atomic mass is 15.0. The summed E-state index contributed by atoms with van der Waals surface area (Å²) in [5.41, 5.74) is 12.3. The fourth-order valence-corrected chi connectivity index (χ4v) is 4.14. The molecule has 7 unspecified atom stereocenters. The van der Waals surface area contributed by atoms with Gasteiger partial charge in [-0.2, -0.15) is 0 Å². The van der Waals surface area contributed by atoms with Crippen molar-refractivity contribution in [2.45, 2.75) is 90.0 Å². The maximum atomic E-state index is 6.37. The minimum atomic E-state index is 0.351. The predicted molar refractivity (Wildman–Crippen MR) is 94.7 cm³/mol. The monoisotopic (exact) mass is 310 g/mol. The van der Waals surface area contributed by atoms with Gasteiger partial charge in [0.05, 0.1) is 0 Å². The molecule has 2 saturated heterocycles. The number of hydrogen-bond donors (Lipinski definition) is 4. The smallest absolute Gasteiger partial charge is 0.0165 e. The molecule has 0 aliphatic carbocycles. The second-order valence-corrected chi connectivity index (χ2v) is 8.37. The van der Waals surface area contributed by atoms with Gasteiger partial charge in [-0.3, -0.25) is 0 Å². The fourth-order valence-electron chi connectivity index (χ4n) is 4.14. The van der Waals surface area contributed by atoms with Gasteiger partial charge in [0.2, 0.25) is 0 Å². The van der Waals surface area contributed by atoms with Gasteiger partial charge < -0.3 is 22.1 Å². The van der Waals surface area contributed by atoms with Crippen molar-refractivity contribution in [2.75, 3.05) is 6.54 Å². The maximum Gasteiger partial charge on any atom is 0.0165 e. The Morgan fingerprint density at radius 3 is 2.23 bits per heavy atom. The lowest BCUT2D eigenvalue weighted by Crippen LogP contribution is -2.56. The Morgan fingerprint density at radius 2 is 1.64 bits per heavy atom. The lowest BCUT2D eigenvalue weighted by atomic mass is 9.78. The standard InChI is InChI=1S/C18H38N4/c1-11(2)13(4)18-9-15(20)8-17(22-18)12(3)7-16-6-5-14(19)10-21-16/h11-18,21-22H,5-10,19-20H2,1-4H3. The van der Waals surface area contributed by atoms with E-state index in [1.54, 1.807) is 0 Å². The minimum Gasteiger partial charge on any atom is -0.328 e. The van der Waals surface area contributed by atoms with Crippen LogP contribution < -0.4 is 22.1 Å². The van der Waals surface area contributed by atoms with E-state index < -0.39 is 0 Å². The van der Waals surface area contributed by atoms with Crippen molar-refractivity contribution in [3.8, 4) is 0 Å². The number of piperidine rings is 2. The molecule has 0 bridgehead atoms. The summed E-state index contributed by atoms with van der Waals surface area (Å²) in [6.45, 7) is 10.4. The maximum absolute atomic E-state index is 6.37. The molecule has 2 aliphatic heterocycles. The topological polar surface area (TPSA) is 76.1 Å². The average molecular weight is 311 g/mol. The van der Waals surface area contributed by atoms with Crippen molar-refractivity contribution < 1.29 is 0 Å². The largest absolute Gasteiger partial charge is 0.328 e. The van der Waals surface area contributed by atoms with Crippen molar-refractivity contribution in [1.82, 2.24) is 10.6 Å². The van der Waals surface area contributed by atoms with Crippen molar-refractivity contribution in [3.05, 3.63) is 0 Å². The third-order valence-electron chi connectivity index (χ3n) is 6.13. The molecule has 0 aromatic carbocycles. The zero-order valence-electron chi connectivity index (χ0n) is 15.0. The van der Waals surface area contributed by atoms with E-state index in [1.807, 2.05) is 0 Å². The summed E-state index contributed by atoms with van der Waals surface area (Å²) in [4.78, 5) is 0. The minimum absolute atomic E-state index is 0.351. The molecule has 0 aromatic heterocycles. The van der Waals surface area contributed by atoms with Crippen LogP contribution in [0.25, 0.3) is 0 Å². The molecule has 2 fully saturated rings. The highest BCUT2D eigenvalue weighted by Gasteiger charge is 2.34. The molecule has 0 radical (unpaired) electrons. The van der Waals surface area contributed by atoms with Crippen LogP contribution in [-0.2, 0) is 0 Å². The molecular weight excluding hydrogens is 272 g/mol. The van der Waals surface area contributed by atoms with Gasteiger partial charge in [0.25, 0.3) is 0 Å². The summed E-state index contributed by atoms with van der Waals surface area (Å²) in [5, 5.41) is 7.55. The highest BCUT2D eigenvalue weighted by molar-refractivity contribution is 4.93. The summed E-state index contributed by atoms with van der Waals surface area (Å²) in [5.74, 6) is 2.06. The van der Waals surface area contributed by atoms with Crippen LogP contribution >= 0.6 is 0 Å². The second-order valence-electron chi connectivity index (χ2n) is 8.37. The van der Waals surface area contributed by atoms with E-state index in [1.165, 1.54) is 12.8 Å². The van der Waals surface area contributed by atoms with Crippen LogP contribution in [0.5, 0.6) is 0 Å². The first-order chi connectivity index (χ1) is 10.4. The van der Waals surface area contributed by atoms with Gasteiger partial charge in [-0.1, -0.05) is 27.7 Å². The van der Waals surface area contributed by atoms with Gasteiger partial charge in [-0.15, -0.1) is 0 Å². The molecule has 4 nitrogen and oxygen atoms in total. The highest BCUT2D eigenvalue weighted by Crippen LogP contribution is 2.28. The number of rotatable bonds is 5. The fraction of sp³-hybridized carbons (Fsp3) is 1.00. The van der Waals surface area contributed by atoms with E-state index in [-0.39, 0.29) is 0 Å². The van der Waals surface area contributed by atoms with Gasteiger partial charge in [0.1, 0.15) is 0 Å². The third-order valence-corrected chi connectivity index (χ3v) is 6.13. The summed E-state index contributed by atoms with van der Waals surface area (Å²) in [7, 11) is 0. The van der Waals surface area contributed by atoms with Crippen molar-refractivity contribution in [2.24, 2.45) is 29.2 Å². The molecule has 4 heteroatoms. The van der Waals surface area contributed by atoms with Crippen molar-refractivity contribution >= 4 is 0 Å². The molecular formula is C18H38N4. The summed E-state index contributed by atoms with van der Waals surface area (Å²) in [6, 6.07) is 2.48. The quantitative estimate of drug-likeness (QED) is 0.625. The van der Waals surface area contributed by atoms with E-state index in [9.17, 15) is 0 Å². The molecule has 0 amide bonds. The Hall–Kier alpha value is -0.160. The molecule has 0 aromatic rings. The van der Waals surface area contributed by atoms with Crippen LogP contribution in [0.4, 0.5) is 0 Å². The Kier molecular flexibility index (Phi) is 6.69. The van der Waals surface area contributed by atoms with E-state index in [2.05, 4.69) is 38.3 Å². The van der Waals surface area contributed by atoms with E-state index in [4.69, 9.17) is 11.5 Å². The number of nitrogens with one attached hydrogen (secondary N) is 2. The SMILES string of the molecule is CC(C)C(C)C1CC(N)CC(C(C)CC2CCC(N)CN2)N1. The lowest BCUT2D eigenvalue weighted by Gasteiger charge is -2.42. The molecule has 0 spiro atoms. The zero-order valence-corrected chi connectivity index (χ0v) is 15.0. The summed E-state index contributed by atoms with van der Waals surface area (Å²) < 4.78 is 0. The van der Waals surface area contributed by atoms with Gasteiger partial charge in [0.15, 0.2) is 0 Å². The predicted octanol–water partition coefficient (Wildman–Crippen LogP) is 1.83. The van der Waals surface area contributed by atoms with Gasteiger partial charge in [0, 0.05) is 36.8 Å². The molecule has 130 valence electrons. The van der Waals surface area contributed by atoms with Gasteiger partial charge in [-0.25, -0.2) is 0 Å². The van der Waals surface area contributed by atoms with E-state index >= 15 is 0 Å². The van der Waals surface area contributed by atoms with Crippen LogP contribution in [0.3, 0.4) is 0 Å². The van der Waals surface area contributed by atoms with Crippen LogP contribution in [0.15, 0.2) is 0 Å². The molecule has 2 aliphatic rings. The normalized spacial score (nSPS) is 39.7. The van der Waals surface area contributed by atoms with Gasteiger partial charge >= 0.3 is 0 Å². The van der Waals surface area contributed by atoms with Crippen molar-refractivity contribution in [1.29, 1.82) is 0 Å². The molecule has 7 atom stereocenters. The lowest BCUT2D eigenvalue weighted by molar-refractivity contribution is 0.162.